The molecule has 0 radical (unpaired) electrons. The smallest absolute Gasteiger partial charge is 0.0409 e. The van der Waals surface area contributed by atoms with Crippen LogP contribution in [0.5, 0.6) is 0 Å². The van der Waals surface area contributed by atoms with E-state index in [1.54, 1.807) is 0 Å². The van der Waals surface area contributed by atoms with Crippen molar-refractivity contribution in [1.82, 2.24) is 5.32 Å². The molecule has 0 heterocycles. The summed E-state index contributed by atoms with van der Waals surface area (Å²) in [6.07, 6.45) is 2.73. The summed E-state index contributed by atoms with van der Waals surface area (Å²) < 4.78 is 0. The predicted molar refractivity (Wildman–Crippen MR) is 65.2 cm³/mol. The second kappa shape index (κ2) is 4.15. The molecule has 1 nitrogen and oxygen atoms in total. The van der Waals surface area contributed by atoms with Crippen LogP contribution in [0.15, 0.2) is 24.3 Å². The van der Waals surface area contributed by atoms with Gasteiger partial charge in [-0.3, -0.25) is 0 Å². The summed E-state index contributed by atoms with van der Waals surface area (Å²) in [5.74, 6) is 0. The minimum absolute atomic E-state index is 0.390. The lowest BCUT2D eigenvalue weighted by Crippen LogP contribution is -2.25. The molecule has 1 fully saturated rings. The molecule has 1 aliphatic carbocycles. The topological polar surface area (TPSA) is 12.0 Å². The first-order chi connectivity index (χ1) is 7.09. The summed E-state index contributed by atoms with van der Waals surface area (Å²) in [5, 5.41) is 4.39. The van der Waals surface area contributed by atoms with Crippen LogP contribution in [-0.2, 0) is 0 Å². The lowest BCUT2D eigenvalue weighted by Gasteiger charge is -2.17. The highest BCUT2D eigenvalue weighted by molar-refractivity contribution is 6.30. The van der Waals surface area contributed by atoms with Gasteiger partial charge < -0.3 is 5.32 Å². The second-order valence-corrected chi connectivity index (χ2v) is 5.40. The van der Waals surface area contributed by atoms with Gasteiger partial charge in [0.05, 0.1) is 0 Å². The van der Waals surface area contributed by atoms with Gasteiger partial charge in [0.2, 0.25) is 0 Å². The quantitative estimate of drug-likeness (QED) is 0.819. The van der Waals surface area contributed by atoms with Gasteiger partial charge in [0.15, 0.2) is 0 Å². The van der Waals surface area contributed by atoms with Crippen LogP contribution < -0.4 is 5.32 Å². The zero-order valence-electron chi connectivity index (χ0n) is 9.39. The molecule has 0 saturated heterocycles. The molecule has 1 aromatic carbocycles. The Hall–Kier alpha value is -0.530. The van der Waals surface area contributed by atoms with E-state index in [1.807, 2.05) is 18.2 Å². The van der Waals surface area contributed by atoms with Crippen LogP contribution in [-0.4, -0.2) is 6.54 Å². The third-order valence-corrected chi connectivity index (χ3v) is 3.52. The first-order valence-electron chi connectivity index (χ1n) is 5.58. The highest BCUT2D eigenvalue weighted by atomic mass is 35.5. The molecule has 0 spiro atoms. The van der Waals surface area contributed by atoms with Gasteiger partial charge in [-0.15, -0.1) is 0 Å². The van der Waals surface area contributed by atoms with Gasteiger partial charge in [-0.05, 0) is 42.9 Å². The van der Waals surface area contributed by atoms with Crippen molar-refractivity contribution in [2.45, 2.75) is 32.7 Å². The van der Waals surface area contributed by atoms with Crippen molar-refractivity contribution in [3.8, 4) is 0 Å². The molecule has 15 heavy (non-hydrogen) atoms. The summed E-state index contributed by atoms with van der Waals surface area (Å²) in [7, 11) is 0. The largest absolute Gasteiger partial charge is 0.310 e. The number of nitrogens with one attached hydrogen (secondary N) is 1. The summed E-state index contributed by atoms with van der Waals surface area (Å²) in [6, 6.07) is 8.48. The maximum atomic E-state index is 5.96. The number of rotatable bonds is 4. The Labute approximate surface area is 96.8 Å². The molecule has 82 valence electrons. The molecule has 2 rings (SSSR count). The van der Waals surface area contributed by atoms with Crippen LogP contribution in [0.1, 0.15) is 38.3 Å². The van der Waals surface area contributed by atoms with Gasteiger partial charge in [-0.25, -0.2) is 0 Å². The van der Waals surface area contributed by atoms with Gasteiger partial charge >= 0.3 is 0 Å². The Kier molecular flexibility index (Phi) is 3.03. The van der Waals surface area contributed by atoms with Gasteiger partial charge in [-0.1, -0.05) is 30.7 Å². The molecule has 1 atom stereocenters. The number of halogens is 1. The Balaban J connectivity index is 1.92. The average Bonchev–Trinajstić information content (AvgIpc) is 2.94. The molecule has 0 amide bonds. The normalized spacial score (nSPS) is 19.9. The lowest BCUT2D eigenvalue weighted by molar-refractivity contribution is 0.457. The molecule has 0 aliphatic heterocycles. The second-order valence-electron chi connectivity index (χ2n) is 4.97. The highest BCUT2D eigenvalue weighted by Gasteiger charge is 2.36. The predicted octanol–water partition coefficient (Wildman–Crippen LogP) is 3.79. The first kappa shape index (κ1) is 11.0. The van der Waals surface area contributed by atoms with E-state index in [-0.39, 0.29) is 0 Å². The molecular formula is C13H18ClN. The fourth-order valence-corrected chi connectivity index (χ4v) is 1.88. The SMILES string of the molecule is CC(NCC1(C)CC1)c1cccc(Cl)c1. The van der Waals surface area contributed by atoms with Crippen molar-refractivity contribution in [3.05, 3.63) is 34.9 Å². The van der Waals surface area contributed by atoms with Crippen LogP contribution in [0.25, 0.3) is 0 Å². The zero-order chi connectivity index (χ0) is 10.9. The van der Waals surface area contributed by atoms with E-state index in [0.29, 0.717) is 11.5 Å². The molecule has 1 unspecified atom stereocenters. The van der Waals surface area contributed by atoms with E-state index in [4.69, 9.17) is 11.6 Å². The van der Waals surface area contributed by atoms with Crippen molar-refractivity contribution in [1.29, 1.82) is 0 Å². The van der Waals surface area contributed by atoms with Crippen molar-refractivity contribution >= 4 is 11.6 Å². The van der Waals surface area contributed by atoms with Crippen molar-refractivity contribution in [2.75, 3.05) is 6.54 Å². The third kappa shape index (κ3) is 2.96. The Morgan fingerprint density at radius 1 is 1.47 bits per heavy atom. The number of benzene rings is 1. The Morgan fingerprint density at radius 2 is 2.20 bits per heavy atom. The van der Waals surface area contributed by atoms with Crippen LogP contribution in [0.4, 0.5) is 0 Å². The van der Waals surface area contributed by atoms with Crippen molar-refractivity contribution < 1.29 is 0 Å². The molecule has 1 saturated carbocycles. The number of hydrogen-bond donors (Lipinski definition) is 1. The minimum atomic E-state index is 0.390. The molecule has 1 aromatic rings. The average molecular weight is 224 g/mol. The van der Waals surface area contributed by atoms with Crippen LogP contribution in [0, 0.1) is 5.41 Å². The van der Waals surface area contributed by atoms with E-state index in [2.05, 4.69) is 25.2 Å². The molecule has 0 aromatic heterocycles. The fourth-order valence-electron chi connectivity index (χ4n) is 1.68. The summed E-state index contributed by atoms with van der Waals surface area (Å²) in [4.78, 5) is 0. The van der Waals surface area contributed by atoms with E-state index in [0.717, 1.165) is 11.6 Å². The Morgan fingerprint density at radius 3 is 2.80 bits per heavy atom. The summed E-state index contributed by atoms with van der Waals surface area (Å²) >= 11 is 5.96. The van der Waals surface area contributed by atoms with Crippen molar-refractivity contribution in [2.24, 2.45) is 5.41 Å². The van der Waals surface area contributed by atoms with Gasteiger partial charge in [0.1, 0.15) is 0 Å². The molecule has 2 heteroatoms. The van der Waals surface area contributed by atoms with Crippen LogP contribution in [0.2, 0.25) is 5.02 Å². The summed E-state index contributed by atoms with van der Waals surface area (Å²) in [6.45, 7) is 5.64. The first-order valence-corrected chi connectivity index (χ1v) is 5.96. The molecule has 0 bridgehead atoms. The fraction of sp³-hybridized carbons (Fsp3) is 0.538. The Bertz CT molecular complexity index is 344. The minimum Gasteiger partial charge on any atom is -0.310 e. The van der Waals surface area contributed by atoms with Crippen LogP contribution >= 0.6 is 11.6 Å². The van der Waals surface area contributed by atoms with Gasteiger partial charge in [0, 0.05) is 17.6 Å². The van der Waals surface area contributed by atoms with Gasteiger partial charge in [0.25, 0.3) is 0 Å². The molecule has 1 aliphatic rings. The molecule has 1 N–H and O–H groups in total. The van der Waals surface area contributed by atoms with Gasteiger partial charge in [-0.2, -0.15) is 0 Å². The lowest BCUT2D eigenvalue weighted by atomic mass is 10.1. The van der Waals surface area contributed by atoms with E-state index in [1.165, 1.54) is 18.4 Å². The maximum absolute atomic E-state index is 5.96. The summed E-state index contributed by atoms with van der Waals surface area (Å²) in [5.41, 5.74) is 1.83. The molecular weight excluding hydrogens is 206 g/mol. The van der Waals surface area contributed by atoms with Crippen molar-refractivity contribution in [3.63, 3.8) is 0 Å². The van der Waals surface area contributed by atoms with Crippen LogP contribution in [0.3, 0.4) is 0 Å². The van der Waals surface area contributed by atoms with E-state index in [9.17, 15) is 0 Å². The number of hydrogen-bond acceptors (Lipinski definition) is 1. The maximum Gasteiger partial charge on any atom is 0.0409 e. The standard InChI is InChI=1S/C13H18ClN/c1-10(15-9-13(2)6-7-13)11-4-3-5-12(14)8-11/h3-5,8,10,15H,6-7,9H2,1-2H3. The van der Waals surface area contributed by atoms with E-state index < -0.39 is 0 Å². The third-order valence-electron chi connectivity index (χ3n) is 3.29. The van der Waals surface area contributed by atoms with E-state index >= 15 is 0 Å². The monoisotopic (exact) mass is 223 g/mol. The zero-order valence-corrected chi connectivity index (χ0v) is 10.1. The highest BCUT2D eigenvalue weighted by Crippen LogP contribution is 2.44.